The molecule has 1 rings (SSSR count). The number of rotatable bonds is 4. The van der Waals surface area contributed by atoms with Gasteiger partial charge in [-0.25, -0.2) is 0 Å². The maximum absolute atomic E-state index is 3.97. The lowest BCUT2D eigenvalue weighted by Gasteiger charge is -2.41. The zero-order chi connectivity index (χ0) is 10.6. The second-order valence-electron chi connectivity index (χ2n) is 4.69. The third-order valence-electron chi connectivity index (χ3n) is 3.23. The first-order chi connectivity index (χ1) is 6.60. The van der Waals surface area contributed by atoms with E-state index in [-0.39, 0.29) is 0 Å². The van der Waals surface area contributed by atoms with E-state index >= 15 is 0 Å². The summed E-state index contributed by atoms with van der Waals surface area (Å²) in [6.45, 7) is 17.2. The van der Waals surface area contributed by atoms with E-state index in [1.807, 2.05) is 0 Å². The molecule has 82 valence electrons. The van der Waals surface area contributed by atoms with Crippen LogP contribution in [0.2, 0.25) is 13.1 Å². The van der Waals surface area contributed by atoms with Crippen molar-refractivity contribution in [2.24, 2.45) is 0 Å². The van der Waals surface area contributed by atoms with Crippen LogP contribution in [0.15, 0.2) is 12.3 Å². The van der Waals surface area contributed by atoms with Crippen molar-refractivity contribution in [2.75, 3.05) is 32.7 Å². The van der Waals surface area contributed by atoms with Gasteiger partial charge in [-0.3, -0.25) is 0 Å². The molecule has 1 saturated heterocycles. The average Bonchev–Trinajstić information content (AvgIpc) is 2.19. The molecule has 1 aliphatic heterocycles. The fourth-order valence-corrected chi connectivity index (χ4v) is 3.60. The molecule has 0 aromatic heterocycles. The van der Waals surface area contributed by atoms with Crippen LogP contribution in [0.4, 0.5) is 0 Å². The van der Waals surface area contributed by atoms with E-state index in [1.165, 1.54) is 39.1 Å². The number of nitrogens with zero attached hydrogens (tertiary/aromatic N) is 2. The summed E-state index contributed by atoms with van der Waals surface area (Å²) in [7, 11) is -1.26. The predicted octanol–water partition coefficient (Wildman–Crippen LogP) is 1.94. The van der Waals surface area contributed by atoms with Crippen molar-refractivity contribution >= 4 is 8.24 Å². The Morgan fingerprint density at radius 2 is 1.79 bits per heavy atom. The zero-order valence-corrected chi connectivity index (χ0v) is 10.9. The topological polar surface area (TPSA) is 6.48 Å². The summed E-state index contributed by atoms with van der Waals surface area (Å²) < 4.78 is 2.66. The number of hydrogen-bond donors (Lipinski definition) is 0. The normalized spacial score (nSPS) is 21.1. The van der Waals surface area contributed by atoms with Gasteiger partial charge in [0.05, 0.1) is 0 Å². The molecule has 1 fully saturated rings. The van der Waals surface area contributed by atoms with Gasteiger partial charge in [0.1, 0.15) is 8.24 Å². The molecular formula is C11H24N2Si. The fourth-order valence-electron chi connectivity index (χ4n) is 1.99. The monoisotopic (exact) mass is 212 g/mol. The lowest BCUT2D eigenvalue weighted by atomic mass is 10.3. The number of hydrogen-bond acceptors (Lipinski definition) is 2. The molecule has 0 saturated carbocycles. The molecule has 0 bridgehead atoms. The van der Waals surface area contributed by atoms with E-state index in [0.717, 1.165) is 0 Å². The van der Waals surface area contributed by atoms with Gasteiger partial charge in [-0.15, -0.1) is 6.58 Å². The highest BCUT2D eigenvalue weighted by molar-refractivity contribution is 6.79. The molecule has 0 aromatic carbocycles. The van der Waals surface area contributed by atoms with E-state index in [2.05, 4.69) is 41.8 Å². The van der Waals surface area contributed by atoms with E-state index in [0.29, 0.717) is 0 Å². The van der Waals surface area contributed by atoms with Crippen molar-refractivity contribution in [1.82, 2.24) is 9.47 Å². The Morgan fingerprint density at radius 3 is 2.21 bits per heavy atom. The molecule has 0 radical (unpaired) electrons. The van der Waals surface area contributed by atoms with Crippen molar-refractivity contribution in [2.45, 2.75) is 26.4 Å². The highest BCUT2D eigenvalue weighted by atomic mass is 28.3. The Balaban J connectivity index is 2.39. The van der Waals surface area contributed by atoms with Crippen LogP contribution in [0.5, 0.6) is 0 Å². The minimum Gasteiger partial charge on any atom is -0.318 e. The minimum atomic E-state index is -1.26. The van der Waals surface area contributed by atoms with Crippen LogP contribution < -0.4 is 0 Å². The number of piperazine rings is 1. The van der Waals surface area contributed by atoms with Crippen LogP contribution in [0.25, 0.3) is 0 Å². The molecule has 1 aliphatic rings. The largest absolute Gasteiger partial charge is 0.318 e. The van der Waals surface area contributed by atoms with Crippen LogP contribution in [0.1, 0.15) is 13.3 Å². The van der Waals surface area contributed by atoms with Crippen molar-refractivity contribution < 1.29 is 0 Å². The van der Waals surface area contributed by atoms with Crippen molar-refractivity contribution in [1.29, 1.82) is 0 Å². The first-order valence-corrected chi connectivity index (χ1v) is 8.73. The Kier molecular flexibility index (Phi) is 4.35. The van der Waals surface area contributed by atoms with Gasteiger partial charge < -0.3 is 9.47 Å². The third-order valence-corrected chi connectivity index (χ3v) is 6.30. The first-order valence-electron chi connectivity index (χ1n) is 5.71. The Labute approximate surface area is 89.7 Å². The molecule has 0 amide bonds. The summed E-state index contributed by atoms with van der Waals surface area (Å²) in [5.74, 6) is 0. The molecule has 0 aromatic rings. The lowest BCUT2D eigenvalue weighted by molar-refractivity contribution is 0.185. The van der Waals surface area contributed by atoms with Gasteiger partial charge in [0.2, 0.25) is 0 Å². The van der Waals surface area contributed by atoms with Crippen molar-refractivity contribution in [3.05, 3.63) is 12.3 Å². The molecule has 0 aliphatic carbocycles. The summed E-state index contributed by atoms with van der Waals surface area (Å²) >= 11 is 0. The Hall–Kier alpha value is -0.123. The van der Waals surface area contributed by atoms with Gasteiger partial charge in [0, 0.05) is 26.2 Å². The average molecular weight is 212 g/mol. The molecule has 14 heavy (non-hydrogen) atoms. The summed E-state index contributed by atoms with van der Waals surface area (Å²) in [6.07, 6.45) is 1.28. The van der Waals surface area contributed by atoms with Gasteiger partial charge in [0.25, 0.3) is 0 Å². The van der Waals surface area contributed by atoms with Crippen LogP contribution >= 0.6 is 0 Å². The summed E-state index contributed by atoms with van der Waals surface area (Å²) in [4.78, 5) is 2.57. The maximum atomic E-state index is 3.97. The highest BCUT2D eigenvalue weighted by Gasteiger charge is 2.28. The van der Waals surface area contributed by atoms with E-state index in [4.69, 9.17) is 0 Å². The quantitative estimate of drug-likeness (QED) is 0.657. The van der Waals surface area contributed by atoms with E-state index in [1.54, 1.807) is 0 Å². The Morgan fingerprint density at radius 1 is 1.21 bits per heavy atom. The van der Waals surface area contributed by atoms with Crippen molar-refractivity contribution in [3.8, 4) is 0 Å². The lowest BCUT2D eigenvalue weighted by Crippen LogP contribution is -2.56. The Bertz CT molecular complexity index is 184. The van der Waals surface area contributed by atoms with Gasteiger partial charge in [-0.05, 0) is 13.0 Å². The van der Waals surface area contributed by atoms with Gasteiger partial charge in [-0.1, -0.05) is 25.7 Å². The smallest absolute Gasteiger partial charge is 0.146 e. The molecule has 0 unspecified atom stereocenters. The first kappa shape index (κ1) is 11.9. The molecule has 0 N–H and O–H groups in total. The third kappa shape index (κ3) is 2.94. The van der Waals surface area contributed by atoms with E-state index < -0.39 is 8.24 Å². The maximum Gasteiger partial charge on any atom is 0.146 e. The SMILES string of the molecule is C=C[Si](C)(C)N1CCN(CCC)CC1. The van der Waals surface area contributed by atoms with Crippen LogP contribution in [-0.2, 0) is 0 Å². The van der Waals surface area contributed by atoms with Gasteiger partial charge in [-0.2, -0.15) is 0 Å². The zero-order valence-electron chi connectivity index (χ0n) is 9.92. The molecule has 0 atom stereocenters. The highest BCUT2D eigenvalue weighted by Crippen LogP contribution is 2.14. The summed E-state index contributed by atoms with van der Waals surface area (Å²) in [5, 5.41) is 0. The summed E-state index contributed by atoms with van der Waals surface area (Å²) in [6, 6.07) is 0. The van der Waals surface area contributed by atoms with Gasteiger partial charge in [0.15, 0.2) is 0 Å². The predicted molar refractivity (Wildman–Crippen MR) is 66.0 cm³/mol. The fraction of sp³-hybridized carbons (Fsp3) is 0.818. The molecule has 2 nitrogen and oxygen atoms in total. The van der Waals surface area contributed by atoms with Gasteiger partial charge >= 0.3 is 0 Å². The summed E-state index contributed by atoms with van der Waals surface area (Å²) in [5.41, 5.74) is 2.20. The molecule has 3 heteroatoms. The molecule has 0 spiro atoms. The van der Waals surface area contributed by atoms with Crippen LogP contribution in [-0.4, -0.2) is 50.4 Å². The van der Waals surface area contributed by atoms with Crippen LogP contribution in [0, 0.1) is 0 Å². The van der Waals surface area contributed by atoms with E-state index in [9.17, 15) is 0 Å². The standard InChI is InChI=1S/C11H24N2Si/c1-5-7-12-8-10-13(11-9-12)14(3,4)6-2/h6H,2,5,7-11H2,1,3-4H3. The minimum absolute atomic E-state index is 1.24. The second kappa shape index (κ2) is 5.10. The van der Waals surface area contributed by atoms with Crippen molar-refractivity contribution in [3.63, 3.8) is 0 Å². The molecule has 1 heterocycles. The van der Waals surface area contributed by atoms with Crippen LogP contribution in [0.3, 0.4) is 0 Å². The molecular weight excluding hydrogens is 188 g/mol. The second-order valence-corrected chi connectivity index (χ2v) is 9.03.